The molecule has 0 radical (unpaired) electrons. The third-order valence-electron chi connectivity index (χ3n) is 6.11. The molecule has 3 aromatic carbocycles. The summed E-state index contributed by atoms with van der Waals surface area (Å²) in [4.78, 5) is 35.5. The van der Waals surface area contributed by atoms with E-state index >= 15 is 0 Å². The van der Waals surface area contributed by atoms with Crippen molar-refractivity contribution in [1.82, 2.24) is 9.97 Å². The van der Waals surface area contributed by atoms with E-state index in [2.05, 4.69) is 9.97 Å². The normalized spacial score (nSPS) is 17.4. The summed E-state index contributed by atoms with van der Waals surface area (Å²) in [5.74, 6) is -2.04. The number of ether oxygens (including phenoxy) is 1. The number of carbonyl (C=O) groups is 2. The van der Waals surface area contributed by atoms with Crippen molar-refractivity contribution in [3.05, 3.63) is 94.3 Å². The number of imidazole rings is 1. The maximum atomic E-state index is 13.8. The summed E-state index contributed by atoms with van der Waals surface area (Å²) < 4.78 is 19.3. The number of nitrogens with one attached hydrogen (secondary N) is 1. The van der Waals surface area contributed by atoms with Crippen LogP contribution in [0.15, 0.2) is 66.2 Å². The average molecular weight is 471 g/mol. The van der Waals surface area contributed by atoms with Gasteiger partial charge in [0, 0.05) is 0 Å². The number of Topliss-reactive ketones (excluding diaryl/α,β-unsaturated/α-hetero) is 1. The van der Waals surface area contributed by atoms with E-state index < -0.39 is 23.5 Å². The average Bonchev–Trinajstić information content (AvgIpc) is 3.37. The van der Waals surface area contributed by atoms with Gasteiger partial charge in [0.15, 0.2) is 0 Å². The van der Waals surface area contributed by atoms with Gasteiger partial charge in [-0.25, -0.2) is 9.37 Å². The van der Waals surface area contributed by atoms with E-state index in [1.807, 2.05) is 32.0 Å². The van der Waals surface area contributed by atoms with Crippen LogP contribution in [0.2, 0.25) is 0 Å². The summed E-state index contributed by atoms with van der Waals surface area (Å²) in [6, 6.07) is 15.2. The molecule has 0 saturated carbocycles. The number of ketones is 1. The molecule has 0 aliphatic carbocycles. The molecule has 5 rings (SSSR count). The van der Waals surface area contributed by atoms with Gasteiger partial charge in [0.2, 0.25) is 5.95 Å². The van der Waals surface area contributed by atoms with E-state index in [-0.39, 0.29) is 17.3 Å². The highest BCUT2D eigenvalue weighted by molar-refractivity contribution is 6.51. The zero-order chi connectivity index (χ0) is 24.9. The molecule has 1 amide bonds. The van der Waals surface area contributed by atoms with Gasteiger partial charge in [-0.3, -0.25) is 14.5 Å². The molecular weight excluding hydrogens is 449 g/mol. The van der Waals surface area contributed by atoms with Crippen molar-refractivity contribution < 1.29 is 23.8 Å². The SMILES string of the molecule is COc1c(C)cc(C)cc1/C(O)=C1\C(=O)C(=O)N(c2nc3ccccc3[nH]2)C1c1ccc(F)cc1. The summed E-state index contributed by atoms with van der Waals surface area (Å²) in [6.07, 6.45) is 0. The van der Waals surface area contributed by atoms with Crippen LogP contribution in [0.25, 0.3) is 16.8 Å². The van der Waals surface area contributed by atoms with Crippen LogP contribution in [0.1, 0.15) is 28.3 Å². The minimum atomic E-state index is -1.04. The Kier molecular flexibility index (Phi) is 5.36. The molecule has 4 aromatic rings. The first-order valence-corrected chi connectivity index (χ1v) is 11.0. The van der Waals surface area contributed by atoms with Crippen molar-refractivity contribution >= 4 is 34.4 Å². The van der Waals surface area contributed by atoms with Crippen LogP contribution in [0.4, 0.5) is 10.3 Å². The number of H-pyrrole nitrogens is 1. The molecule has 1 atom stereocenters. The molecular formula is C27H22FN3O4. The van der Waals surface area contributed by atoms with Gasteiger partial charge in [0.25, 0.3) is 5.78 Å². The number of anilines is 1. The molecule has 35 heavy (non-hydrogen) atoms. The fraction of sp³-hybridized carbons (Fsp3) is 0.148. The number of rotatable bonds is 4. The van der Waals surface area contributed by atoms with Gasteiger partial charge in [0.1, 0.15) is 17.3 Å². The number of para-hydroxylation sites is 2. The number of amides is 1. The predicted octanol–water partition coefficient (Wildman–Crippen LogP) is 4.95. The first-order valence-electron chi connectivity index (χ1n) is 11.0. The van der Waals surface area contributed by atoms with Gasteiger partial charge in [-0.2, -0.15) is 0 Å². The number of methoxy groups -OCH3 is 1. The second-order valence-corrected chi connectivity index (χ2v) is 8.46. The lowest BCUT2D eigenvalue weighted by molar-refractivity contribution is -0.132. The monoisotopic (exact) mass is 471 g/mol. The van der Waals surface area contributed by atoms with Gasteiger partial charge >= 0.3 is 5.91 Å². The minimum Gasteiger partial charge on any atom is -0.507 e. The molecule has 1 aromatic heterocycles. The molecule has 1 aliphatic rings. The van der Waals surface area contributed by atoms with Crippen molar-refractivity contribution in [2.45, 2.75) is 19.9 Å². The van der Waals surface area contributed by atoms with Crippen molar-refractivity contribution in [3.8, 4) is 5.75 Å². The number of carbonyl (C=O) groups excluding carboxylic acids is 2. The minimum absolute atomic E-state index is 0.134. The van der Waals surface area contributed by atoms with Gasteiger partial charge in [-0.1, -0.05) is 30.3 Å². The van der Waals surface area contributed by atoms with Crippen LogP contribution < -0.4 is 9.64 Å². The standard InChI is InChI=1S/C27H22FN3O4/c1-14-12-15(2)25(35-3)18(13-14)23(32)21-22(16-8-10-17(28)11-9-16)31(26(34)24(21)33)27-29-19-6-4-5-7-20(19)30-27/h4-13,22,32H,1-3H3,(H,29,30)/b23-21+. The topological polar surface area (TPSA) is 95.5 Å². The second-order valence-electron chi connectivity index (χ2n) is 8.46. The van der Waals surface area contributed by atoms with Crippen molar-refractivity contribution in [3.63, 3.8) is 0 Å². The van der Waals surface area contributed by atoms with Crippen molar-refractivity contribution in [1.29, 1.82) is 0 Å². The number of hydrogen-bond acceptors (Lipinski definition) is 5. The number of aromatic amines is 1. The highest BCUT2D eigenvalue weighted by Gasteiger charge is 2.48. The Labute approximate surface area is 200 Å². The Balaban J connectivity index is 1.78. The van der Waals surface area contributed by atoms with Crippen LogP contribution in [0.5, 0.6) is 5.75 Å². The largest absolute Gasteiger partial charge is 0.507 e. The Morgan fingerprint density at radius 3 is 2.49 bits per heavy atom. The number of benzene rings is 3. The van der Waals surface area contributed by atoms with Gasteiger partial charge in [-0.05, 0) is 60.9 Å². The highest BCUT2D eigenvalue weighted by atomic mass is 19.1. The third kappa shape index (κ3) is 3.63. The zero-order valence-corrected chi connectivity index (χ0v) is 19.3. The first kappa shape index (κ1) is 22.3. The van der Waals surface area contributed by atoms with E-state index in [1.54, 1.807) is 18.2 Å². The van der Waals surface area contributed by atoms with Crippen molar-refractivity contribution in [2.75, 3.05) is 12.0 Å². The quantitative estimate of drug-likeness (QED) is 0.249. The molecule has 2 N–H and O–H groups in total. The molecule has 8 heteroatoms. The van der Waals surface area contributed by atoms with Crippen LogP contribution in [0.3, 0.4) is 0 Å². The maximum Gasteiger partial charge on any atom is 0.302 e. The molecule has 0 spiro atoms. The van der Waals surface area contributed by atoms with Crippen LogP contribution >= 0.6 is 0 Å². The van der Waals surface area contributed by atoms with E-state index in [4.69, 9.17) is 4.74 Å². The number of aliphatic hydroxyl groups is 1. The van der Waals surface area contributed by atoms with Crippen molar-refractivity contribution in [2.24, 2.45) is 0 Å². The van der Waals surface area contributed by atoms with E-state index in [9.17, 15) is 19.1 Å². The maximum absolute atomic E-state index is 13.8. The zero-order valence-electron chi connectivity index (χ0n) is 19.3. The highest BCUT2D eigenvalue weighted by Crippen LogP contribution is 2.43. The van der Waals surface area contributed by atoms with Gasteiger partial charge < -0.3 is 14.8 Å². The smallest absolute Gasteiger partial charge is 0.302 e. The molecule has 1 aliphatic heterocycles. The fourth-order valence-electron chi connectivity index (χ4n) is 4.61. The molecule has 2 heterocycles. The number of hydrogen-bond donors (Lipinski definition) is 2. The summed E-state index contributed by atoms with van der Waals surface area (Å²) in [5, 5.41) is 11.5. The molecule has 1 fully saturated rings. The number of aryl methyl sites for hydroxylation is 2. The van der Waals surface area contributed by atoms with E-state index in [1.165, 1.54) is 36.3 Å². The summed E-state index contributed by atoms with van der Waals surface area (Å²) >= 11 is 0. The fourth-order valence-corrected chi connectivity index (χ4v) is 4.61. The number of nitrogens with zero attached hydrogens (tertiary/aromatic N) is 2. The number of aromatic nitrogens is 2. The molecule has 7 nitrogen and oxygen atoms in total. The Morgan fingerprint density at radius 2 is 1.80 bits per heavy atom. The number of aliphatic hydroxyl groups excluding tert-OH is 1. The van der Waals surface area contributed by atoms with Crippen LogP contribution in [-0.2, 0) is 9.59 Å². The lowest BCUT2D eigenvalue weighted by Crippen LogP contribution is -2.30. The summed E-state index contributed by atoms with van der Waals surface area (Å²) in [7, 11) is 1.47. The molecule has 0 bridgehead atoms. The summed E-state index contributed by atoms with van der Waals surface area (Å²) in [6.45, 7) is 3.68. The van der Waals surface area contributed by atoms with Crippen LogP contribution in [-0.4, -0.2) is 33.9 Å². The Hall–Kier alpha value is -4.46. The molecule has 176 valence electrons. The molecule has 1 unspecified atom stereocenters. The lowest BCUT2D eigenvalue weighted by atomic mass is 9.93. The third-order valence-corrected chi connectivity index (χ3v) is 6.11. The molecule has 1 saturated heterocycles. The van der Waals surface area contributed by atoms with Gasteiger partial charge in [0.05, 0.1) is 35.3 Å². The van der Waals surface area contributed by atoms with Crippen LogP contribution in [0, 0.1) is 19.7 Å². The predicted molar refractivity (Wildman–Crippen MR) is 130 cm³/mol. The second kappa shape index (κ2) is 8.39. The summed E-state index contributed by atoms with van der Waals surface area (Å²) in [5.41, 5.74) is 3.49. The Bertz CT molecular complexity index is 1490. The van der Waals surface area contributed by atoms with Gasteiger partial charge in [-0.15, -0.1) is 0 Å². The number of halogens is 1. The number of fused-ring (bicyclic) bond motifs is 1. The van der Waals surface area contributed by atoms with E-state index in [0.717, 1.165) is 11.1 Å². The van der Waals surface area contributed by atoms with E-state index in [0.29, 0.717) is 27.9 Å². The Morgan fingerprint density at radius 1 is 1.09 bits per heavy atom. The first-order chi connectivity index (χ1) is 16.8. The lowest BCUT2D eigenvalue weighted by Gasteiger charge is -2.23.